The van der Waals surface area contributed by atoms with Crippen molar-refractivity contribution in [2.24, 2.45) is 5.41 Å². The minimum Gasteiger partial charge on any atom is -0.342 e. The second-order valence-corrected chi connectivity index (χ2v) is 8.97. The van der Waals surface area contributed by atoms with E-state index in [1.807, 2.05) is 30.3 Å². The van der Waals surface area contributed by atoms with Crippen molar-refractivity contribution in [1.29, 1.82) is 0 Å². The lowest BCUT2D eigenvalue weighted by atomic mass is 9.69. The Morgan fingerprint density at radius 1 is 1.06 bits per heavy atom. The molecule has 7 nitrogen and oxygen atoms in total. The van der Waals surface area contributed by atoms with Gasteiger partial charge in [0.1, 0.15) is 0 Å². The van der Waals surface area contributed by atoms with Crippen molar-refractivity contribution in [2.75, 3.05) is 5.32 Å². The van der Waals surface area contributed by atoms with E-state index in [0.717, 1.165) is 40.1 Å². The number of ketones is 1. The summed E-state index contributed by atoms with van der Waals surface area (Å²) in [5, 5.41) is 22.1. The molecule has 0 radical (unpaired) electrons. The van der Waals surface area contributed by atoms with E-state index in [9.17, 15) is 14.9 Å². The van der Waals surface area contributed by atoms with Crippen molar-refractivity contribution < 1.29 is 9.72 Å². The number of nitro benzene ring substituents is 1. The number of hydrogen-bond donors (Lipinski definition) is 2. The van der Waals surface area contributed by atoms with Gasteiger partial charge in [-0.05, 0) is 29.5 Å². The third kappa shape index (κ3) is 3.22. The molecule has 31 heavy (non-hydrogen) atoms. The number of rotatable bonds is 3. The Labute approximate surface area is 179 Å². The zero-order valence-electron chi connectivity index (χ0n) is 17.3. The molecule has 0 saturated carbocycles. The van der Waals surface area contributed by atoms with Gasteiger partial charge in [-0.15, -0.1) is 0 Å². The third-order valence-electron chi connectivity index (χ3n) is 6.07. The first kappa shape index (κ1) is 19.2. The molecule has 0 spiro atoms. The minimum absolute atomic E-state index is 0.0320. The number of aromatic nitrogens is 2. The van der Waals surface area contributed by atoms with E-state index >= 15 is 0 Å². The molecule has 156 valence electrons. The Balaban J connectivity index is 1.69. The lowest BCUT2D eigenvalue weighted by Crippen LogP contribution is -2.33. The lowest BCUT2D eigenvalue weighted by Gasteiger charge is -2.38. The lowest BCUT2D eigenvalue weighted by molar-refractivity contribution is -0.384. The molecule has 1 aliphatic carbocycles. The number of carbonyl (C=O) groups excluding carboxylic acids is 1. The Morgan fingerprint density at radius 3 is 2.45 bits per heavy atom. The maximum Gasteiger partial charge on any atom is 0.269 e. The van der Waals surface area contributed by atoms with E-state index in [0.29, 0.717) is 12.2 Å². The summed E-state index contributed by atoms with van der Waals surface area (Å²) in [5.74, 6) is 0.598. The minimum atomic E-state index is -0.417. The van der Waals surface area contributed by atoms with Crippen molar-refractivity contribution in [1.82, 2.24) is 10.2 Å². The Morgan fingerprint density at radius 2 is 1.77 bits per heavy atom. The van der Waals surface area contributed by atoms with E-state index in [-0.39, 0.29) is 22.8 Å². The number of H-pyrrole nitrogens is 1. The summed E-state index contributed by atoms with van der Waals surface area (Å²) in [4.78, 5) is 24.0. The van der Waals surface area contributed by atoms with Crippen molar-refractivity contribution in [3.05, 3.63) is 87.1 Å². The predicted molar refractivity (Wildman–Crippen MR) is 118 cm³/mol. The van der Waals surface area contributed by atoms with E-state index in [1.54, 1.807) is 12.1 Å². The van der Waals surface area contributed by atoms with Gasteiger partial charge in [-0.3, -0.25) is 20.0 Å². The second-order valence-electron chi connectivity index (χ2n) is 8.97. The van der Waals surface area contributed by atoms with Gasteiger partial charge in [-0.1, -0.05) is 44.2 Å². The van der Waals surface area contributed by atoms with Crippen LogP contribution < -0.4 is 5.32 Å². The molecule has 2 N–H and O–H groups in total. The van der Waals surface area contributed by atoms with Gasteiger partial charge in [-0.2, -0.15) is 5.10 Å². The fraction of sp³-hybridized carbons (Fsp3) is 0.250. The van der Waals surface area contributed by atoms with Crippen LogP contribution in [0, 0.1) is 15.5 Å². The molecule has 0 amide bonds. The summed E-state index contributed by atoms with van der Waals surface area (Å²) in [5.41, 5.74) is 5.11. The highest BCUT2D eigenvalue weighted by Crippen LogP contribution is 2.50. The monoisotopic (exact) mass is 414 g/mol. The topological polar surface area (TPSA) is 101 Å². The molecule has 0 saturated heterocycles. The van der Waals surface area contributed by atoms with Gasteiger partial charge in [0, 0.05) is 46.9 Å². The summed E-state index contributed by atoms with van der Waals surface area (Å²) in [6.45, 7) is 4.21. The van der Waals surface area contributed by atoms with Crippen molar-refractivity contribution in [3.8, 4) is 11.3 Å². The number of benzene rings is 2. The van der Waals surface area contributed by atoms with Crippen LogP contribution in [-0.2, 0) is 4.79 Å². The number of hydrogen-bond acceptors (Lipinski definition) is 5. The average molecular weight is 414 g/mol. The first-order chi connectivity index (χ1) is 14.8. The maximum absolute atomic E-state index is 13.3. The molecule has 5 rings (SSSR count). The zero-order chi connectivity index (χ0) is 21.8. The molecule has 0 fully saturated rings. The highest BCUT2D eigenvalue weighted by atomic mass is 16.6. The molecule has 1 aliphatic heterocycles. The van der Waals surface area contributed by atoms with Gasteiger partial charge in [0.05, 0.1) is 10.6 Å². The summed E-state index contributed by atoms with van der Waals surface area (Å²) < 4.78 is 0. The van der Waals surface area contributed by atoms with Crippen molar-refractivity contribution in [2.45, 2.75) is 32.6 Å². The molecular weight excluding hydrogens is 392 g/mol. The molecule has 2 aliphatic rings. The molecule has 0 bridgehead atoms. The molecule has 3 aromatic rings. The number of aromatic amines is 1. The molecule has 2 aromatic carbocycles. The van der Waals surface area contributed by atoms with Crippen LogP contribution in [0.3, 0.4) is 0 Å². The summed E-state index contributed by atoms with van der Waals surface area (Å²) in [6, 6.07) is 16.4. The number of nitrogens with one attached hydrogen (secondary N) is 2. The van der Waals surface area contributed by atoms with Gasteiger partial charge in [0.15, 0.2) is 11.6 Å². The standard InChI is InChI=1S/C24H22N4O3/c1-24(2)12-17-20(18(29)13-24)19(14-6-4-3-5-7-14)21-22(26-27-23(21)25-17)15-8-10-16(11-9-15)28(30)31/h3-11,19H,12-13H2,1-2H3,(H2,25,26,27). The van der Waals surface area contributed by atoms with Crippen molar-refractivity contribution in [3.63, 3.8) is 0 Å². The first-order valence-corrected chi connectivity index (χ1v) is 10.3. The largest absolute Gasteiger partial charge is 0.342 e. The smallest absolute Gasteiger partial charge is 0.269 e. The van der Waals surface area contributed by atoms with Crippen LogP contribution in [0.4, 0.5) is 11.5 Å². The zero-order valence-corrected chi connectivity index (χ0v) is 17.3. The SMILES string of the molecule is CC1(C)CC(=O)C2=C(C1)Nc1n[nH]c(-c3ccc([N+](=O)[O-])cc3)c1C2c1ccccc1. The number of anilines is 1. The molecule has 1 unspecified atom stereocenters. The number of Topliss-reactive ketones (excluding diaryl/α,β-unsaturated/α-hetero) is 1. The predicted octanol–water partition coefficient (Wildman–Crippen LogP) is 5.19. The van der Waals surface area contributed by atoms with E-state index in [4.69, 9.17) is 0 Å². The second kappa shape index (κ2) is 6.91. The van der Waals surface area contributed by atoms with Crippen LogP contribution in [0.5, 0.6) is 0 Å². The van der Waals surface area contributed by atoms with Gasteiger partial charge < -0.3 is 5.32 Å². The van der Waals surface area contributed by atoms with Gasteiger partial charge in [0.2, 0.25) is 0 Å². The van der Waals surface area contributed by atoms with Crippen LogP contribution in [-0.4, -0.2) is 20.9 Å². The van der Waals surface area contributed by atoms with E-state index in [1.165, 1.54) is 12.1 Å². The molecular formula is C24H22N4O3. The van der Waals surface area contributed by atoms with Crippen LogP contribution >= 0.6 is 0 Å². The Kier molecular flexibility index (Phi) is 4.28. The van der Waals surface area contributed by atoms with E-state index < -0.39 is 4.92 Å². The maximum atomic E-state index is 13.3. The summed E-state index contributed by atoms with van der Waals surface area (Å²) >= 11 is 0. The van der Waals surface area contributed by atoms with Gasteiger partial charge in [-0.25, -0.2) is 0 Å². The Hall–Kier alpha value is -3.74. The van der Waals surface area contributed by atoms with Gasteiger partial charge in [0.25, 0.3) is 5.69 Å². The summed E-state index contributed by atoms with van der Waals surface area (Å²) in [6.07, 6.45) is 1.27. The van der Waals surface area contributed by atoms with Crippen LogP contribution in [0.2, 0.25) is 0 Å². The fourth-order valence-electron chi connectivity index (χ4n) is 4.74. The average Bonchev–Trinajstić information content (AvgIpc) is 3.15. The number of allylic oxidation sites excluding steroid dienone is 2. The highest BCUT2D eigenvalue weighted by Gasteiger charge is 2.42. The van der Waals surface area contributed by atoms with Crippen molar-refractivity contribution >= 4 is 17.3 Å². The molecule has 7 heteroatoms. The molecule has 1 aromatic heterocycles. The van der Waals surface area contributed by atoms with Crippen LogP contribution in [0.15, 0.2) is 65.9 Å². The third-order valence-corrected chi connectivity index (χ3v) is 6.07. The van der Waals surface area contributed by atoms with E-state index in [2.05, 4.69) is 29.4 Å². The number of non-ortho nitro benzene ring substituents is 1. The van der Waals surface area contributed by atoms with Crippen LogP contribution in [0.25, 0.3) is 11.3 Å². The Bertz CT molecular complexity index is 1220. The highest BCUT2D eigenvalue weighted by molar-refractivity contribution is 6.02. The summed E-state index contributed by atoms with van der Waals surface area (Å²) in [7, 11) is 0. The number of nitro groups is 1. The number of carbonyl (C=O) groups is 1. The molecule has 1 atom stereocenters. The number of fused-ring (bicyclic) bond motifs is 1. The first-order valence-electron chi connectivity index (χ1n) is 10.3. The molecule has 2 heterocycles. The number of nitrogens with zero attached hydrogens (tertiary/aromatic N) is 2. The fourth-order valence-corrected chi connectivity index (χ4v) is 4.74. The van der Waals surface area contributed by atoms with Crippen LogP contribution in [0.1, 0.15) is 43.7 Å². The van der Waals surface area contributed by atoms with Gasteiger partial charge >= 0.3 is 0 Å². The normalized spacial score (nSPS) is 19.4. The quantitative estimate of drug-likeness (QED) is 0.454.